The third-order valence-electron chi connectivity index (χ3n) is 7.69. The lowest BCUT2D eigenvalue weighted by Crippen LogP contribution is -2.56. The Labute approximate surface area is 212 Å². The number of aliphatic hydroxyl groups excluding tert-OH is 1. The third-order valence-corrected chi connectivity index (χ3v) is 7.69. The van der Waals surface area contributed by atoms with E-state index in [-0.39, 0.29) is 12.1 Å². The largest absolute Gasteiger partial charge is 0.420 e. The van der Waals surface area contributed by atoms with Crippen molar-refractivity contribution >= 4 is 23.4 Å². The summed E-state index contributed by atoms with van der Waals surface area (Å²) in [5, 5.41) is 27.8. The normalized spacial score (nSPS) is 30.9. The topological polar surface area (TPSA) is 148 Å². The van der Waals surface area contributed by atoms with Gasteiger partial charge in [0.25, 0.3) is 5.91 Å². The molecule has 200 valence electrons. The summed E-state index contributed by atoms with van der Waals surface area (Å²) in [6, 6.07) is 3.32. The molecule has 6 atom stereocenters. The number of rotatable bonds is 4. The summed E-state index contributed by atoms with van der Waals surface area (Å²) in [6.07, 6.45) is -6.07. The average Bonchev–Trinajstić information content (AvgIpc) is 3.52. The molecule has 0 saturated carbocycles. The molecular formula is C24H21F4N5O5. The molecule has 0 aliphatic carbocycles. The highest BCUT2D eigenvalue weighted by molar-refractivity contribution is 6.23. The molecule has 3 N–H and O–H groups in total. The SMILES string of the molecule is CC(O)c1cc(C(=O)N[C@@H]2C[C@@]3(C)O[C@]2(C)[C@@H]2C(=O)N(c4ccc(C#N)c(C(F)(F)F)c4F)C(=O)[C@@H]23)n[nH]1. The highest BCUT2D eigenvalue weighted by Gasteiger charge is 2.76. The Morgan fingerprint density at radius 1 is 1.32 bits per heavy atom. The number of ether oxygens (including phenoxy) is 1. The Kier molecular flexibility index (Phi) is 5.49. The predicted octanol–water partition coefficient (Wildman–Crippen LogP) is 2.35. The minimum atomic E-state index is -5.25. The average molecular weight is 535 g/mol. The number of benzene rings is 1. The molecule has 4 heterocycles. The maximum Gasteiger partial charge on any atom is 0.420 e. The minimum absolute atomic E-state index is 0.0382. The number of fused-ring (bicyclic) bond motifs is 5. The molecule has 1 unspecified atom stereocenters. The Bertz CT molecular complexity index is 1430. The second-order valence-electron chi connectivity index (χ2n) is 10.1. The maximum atomic E-state index is 15.2. The maximum absolute atomic E-state index is 15.2. The number of anilines is 1. The van der Waals surface area contributed by atoms with Crippen molar-refractivity contribution in [2.45, 2.75) is 56.7 Å². The smallest absolute Gasteiger partial charge is 0.387 e. The van der Waals surface area contributed by atoms with Crippen LogP contribution in [-0.2, 0) is 20.5 Å². The fourth-order valence-corrected chi connectivity index (χ4v) is 5.99. The second kappa shape index (κ2) is 8.08. The van der Waals surface area contributed by atoms with Gasteiger partial charge >= 0.3 is 6.18 Å². The zero-order valence-corrected chi connectivity index (χ0v) is 20.2. The number of carbonyl (C=O) groups excluding carboxylic acids is 3. The van der Waals surface area contributed by atoms with E-state index in [0.717, 1.165) is 6.07 Å². The predicted molar refractivity (Wildman–Crippen MR) is 119 cm³/mol. The van der Waals surface area contributed by atoms with Crippen LogP contribution in [0.3, 0.4) is 0 Å². The van der Waals surface area contributed by atoms with Crippen molar-refractivity contribution in [3.05, 3.63) is 46.5 Å². The van der Waals surface area contributed by atoms with Gasteiger partial charge in [0, 0.05) is 6.42 Å². The number of amides is 3. The molecule has 38 heavy (non-hydrogen) atoms. The first-order valence-corrected chi connectivity index (χ1v) is 11.6. The van der Waals surface area contributed by atoms with E-state index < -0.39 is 81.7 Å². The lowest BCUT2D eigenvalue weighted by atomic mass is 9.66. The number of nitrogens with zero attached hydrogens (tertiary/aromatic N) is 3. The molecule has 1 aromatic heterocycles. The molecule has 10 nitrogen and oxygen atoms in total. The van der Waals surface area contributed by atoms with E-state index in [1.807, 2.05) is 0 Å². The Balaban J connectivity index is 1.49. The fourth-order valence-electron chi connectivity index (χ4n) is 5.99. The number of imide groups is 1. The van der Waals surface area contributed by atoms with Gasteiger partial charge < -0.3 is 15.2 Å². The van der Waals surface area contributed by atoms with Crippen LogP contribution < -0.4 is 10.2 Å². The zero-order valence-electron chi connectivity index (χ0n) is 20.2. The summed E-state index contributed by atoms with van der Waals surface area (Å²) in [4.78, 5) is 40.2. The van der Waals surface area contributed by atoms with E-state index in [1.54, 1.807) is 6.92 Å². The molecular weight excluding hydrogens is 514 g/mol. The Morgan fingerprint density at radius 2 is 1.97 bits per heavy atom. The van der Waals surface area contributed by atoms with Crippen LogP contribution in [0.25, 0.3) is 0 Å². The van der Waals surface area contributed by atoms with Gasteiger partial charge in [-0.2, -0.15) is 23.5 Å². The van der Waals surface area contributed by atoms with Crippen LogP contribution in [0, 0.1) is 29.0 Å². The Morgan fingerprint density at radius 3 is 2.55 bits per heavy atom. The molecule has 0 radical (unpaired) electrons. The third kappa shape index (κ3) is 3.45. The number of aromatic nitrogens is 2. The van der Waals surface area contributed by atoms with Gasteiger partial charge in [-0.3, -0.25) is 19.5 Å². The number of alkyl halides is 3. The Hall–Kier alpha value is -3.83. The van der Waals surface area contributed by atoms with E-state index in [9.17, 15) is 32.7 Å². The van der Waals surface area contributed by atoms with Crippen LogP contribution in [0.2, 0.25) is 0 Å². The van der Waals surface area contributed by atoms with Crippen molar-refractivity contribution in [3.63, 3.8) is 0 Å². The standard InChI is InChI=1S/C24H21F4N5O5/c1-9(34)11-6-12(32-31-11)19(35)30-14-7-22(2)16-17(23(14,3)38-22)21(37)33(20(16)36)13-5-4-10(8-29)15(18(13)25)24(26,27)28/h4-6,9,14,16-17,34H,7H2,1-3H3,(H,30,35)(H,31,32)/t9?,14-,16-,17+,22-,23+/m1/s1. The van der Waals surface area contributed by atoms with Gasteiger partial charge in [-0.05, 0) is 39.0 Å². The summed E-state index contributed by atoms with van der Waals surface area (Å²) in [5.41, 5.74) is -6.24. The van der Waals surface area contributed by atoms with E-state index in [4.69, 9.17) is 10.00 Å². The number of aromatic amines is 1. The van der Waals surface area contributed by atoms with E-state index in [1.165, 1.54) is 26.0 Å². The van der Waals surface area contributed by atoms with E-state index >= 15 is 4.39 Å². The van der Waals surface area contributed by atoms with Crippen molar-refractivity contribution in [2.75, 3.05) is 4.90 Å². The van der Waals surface area contributed by atoms with E-state index in [2.05, 4.69) is 15.5 Å². The summed E-state index contributed by atoms with van der Waals surface area (Å²) >= 11 is 0. The molecule has 1 aromatic carbocycles. The first kappa shape index (κ1) is 25.8. The molecule has 3 fully saturated rings. The van der Waals surface area contributed by atoms with Crippen molar-refractivity contribution < 1.29 is 41.8 Å². The van der Waals surface area contributed by atoms with Gasteiger partial charge in [0.05, 0.1) is 58.2 Å². The number of aliphatic hydroxyl groups is 1. The van der Waals surface area contributed by atoms with Crippen molar-refractivity contribution in [2.24, 2.45) is 11.8 Å². The number of hydrogen-bond acceptors (Lipinski definition) is 7. The second-order valence-corrected chi connectivity index (χ2v) is 10.1. The lowest BCUT2D eigenvalue weighted by molar-refractivity contribution is -0.140. The number of hydrogen-bond donors (Lipinski definition) is 3. The van der Waals surface area contributed by atoms with Crippen LogP contribution in [0.4, 0.5) is 23.2 Å². The molecule has 2 bridgehead atoms. The van der Waals surface area contributed by atoms with Gasteiger partial charge in [0.1, 0.15) is 11.3 Å². The summed E-state index contributed by atoms with van der Waals surface area (Å²) in [5.74, 6) is -6.81. The highest BCUT2D eigenvalue weighted by atomic mass is 19.4. The monoisotopic (exact) mass is 535 g/mol. The number of carbonyl (C=O) groups is 3. The van der Waals surface area contributed by atoms with Crippen LogP contribution in [0.15, 0.2) is 18.2 Å². The lowest BCUT2D eigenvalue weighted by Gasteiger charge is -2.35. The van der Waals surface area contributed by atoms with Gasteiger partial charge in [-0.1, -0.05) is 0 Å². The van der Waals surface area contributed by atoms with Crippen LogP contribution in [0.1, 0.15) is 60.6 Å². The minimum Gasteiger partial charge on any atom is -0.387 e. The van der Waals surface area contributed by atoms with Gasteiger partial charge in [-0.15, -0.1) is 0 Å². The number of halogens is 4. The molecule has 3 aliphatic rings. The highest BCUT2D eigenvalue weighted by Crippen LogP contribution is 2.61. The molecule has 2 aromatic rings. The van der Waals surface area contributed by atoms with Gasteiger partial charge in [0.15, 0.2) is 5.82 Å². The van der Waals surface area contributed by atoms with Gasteiger partial charge in [-0.25, -0.2) is 9.29 Å². The summed E-state index contributed by atoms with van der Waals surface area (Å²) < 4.78 is 61.9. The van der Waals surface area contributed by atoms with Crippen molar-refractivity contribution in [1.82, 2.24) is 15.5 Å². The van der Waals surface area contributed by atoms with E-state index in [0.29, 0.717) is 16.7 Å². The fraction of sp³-hybridized carbons (Fsp3) is 0.458. The molecule has 3 aliphatic heterocycles. The molecule has 3 amide bonds. The van der Waals surface area contributed by atoms with Crippen molar-refractivity contribution in [1.29, 1.82) is 5.26 Å². The summed E-state index contributed by atoms with van der Waals surface area (Å²) in [6.45, 7) is 4.53. The van der Waals surface area contributed by atoms with Gasteiger partial charge in [0.2, 0.25) is 11.8 Å². The first-order valence-electron chi connectivity index (χ1n) is 11.6. The molecule has 3 saturated heterocycles. The molecule has 14 heteroatoms. The molecule has 5 rings (SSSR count). The number of nitrogens with one attached hydrogen (secondary N) is 2. The summed E-state index contributed by atoms with van der Waals surface area (Å²) in [7, 11) is 0. The zero-order chi connectivity index (χ0) is 27.9. The quantitative estimate of drug-likeness (QED) is 0.402. The van der Waals surface area contributed by atoms with Crippen molar-refractivity contribution in [3.8, 4) is 6.07 Å². The first-order chi connectivity index (χ1) is 17.6. The number of nitriles is 1. The van der Waals surface area contributed by atoms with Crippen LogP contribution in [-0.4, -0.2) is 50.3 Å². The van der Waals surface area contributed by atoms with Crippen LogP contribution in [0.5, 0.6) is 0 Å². The number of H-pyrrole nitrogens is 1. The molecule has 0 spiro atoms. The van der Waals surface area contributed by atoms with Crippen LogP contribution >= 0.6 is 0 Å².